The lowest BCUT2D eigenvalue weighted by atomic mass is 10.1. The molecule has 5 nitrogen and oxygen atoms in total. The Bertz CT molecular complexity index is 842. The van der Waals surface area contributed by atoms with Gasteiger partial charge in [0, 0.05) is 18.0 Å². The van der Waals surface area contributed by atoms with E-state index < -0.39 is 11.8 Å². The smallest absolute Gasteiger partial charge is 0.337 e. The maximum absolute atomic E-state index is 13.7. The fourth-order valence-electron chi connectivity index (χ4n) is 2.08. The van der Waals surface area contributed by atoms with Crippen LogP contribution in [0.1, 0.15) is 10.4 Å². The Labute approximate surface area is 119 Å². The van der Waals surface area contributed by atoms with E-state index in [1.54, 1.807) is 22.7 Å². The first kappa shape index (κ1) is 13.1. The lowest BCUT2D eigenvalue weighted by molar-refractivity contribution is 0.0696. The Morgan fingerprint density at radius 1 is 1.29 bits per heavy atom. The Morgan fingerprint density at radius 3 is 2.76 bits per heavy atom. The molecular formula is C15H11FN2O3. The second-order valence-corrected chi connectivity index (χ2v) is 4.46. The molecule has 106 valence electrons. The molecule has 0 saturated carbocycles. The van der Waals surface area contributed by atoms with Gasteiger partial charge in [0.1, 0.15) is 5.65 Å². The van der Waals surface area contributed by atoms with Crippen LogP contribution in [-0.4, -0.2) is 27.6 Å². The van der Waals surface area contributed by atoms with Gasteiger partial charge in [-0.3, -0.25) is 0 Å². The summed E-state index contributed by atoms with van der Waals surface area (Å²) in [6.45, 7) is 0. The maximum Gasteiger partial charge on any atom is 0.337 e. The third kappa shape index (κ3) is 2.31. The van der Waals surface area contributed by atoms with Crippen molar-refractivity contribution in [3.8, 4) is 17.0 Å². The molecule has 0 saturated heterocycles. The fraction of sp³-hybridized carbons (Fsp3) is 0.0667. The van der Waals surface area contributed by atoms with Gasteiger partial charge < -0.3 is 14.2 Å². The predicted octanol–water partition coefficient (Wildman–Crippen LogP) is 2.85. The van der Waals surface area contributed by atoms with E-state index in [1.807, 2.05) is 0 Å². The number of pyridine rings is 1. The summed E-state index contributed by atoms with van der Waals surface area (Å²) in [7, 11) is 1.40. The molecule has 0 radical (unpaired) electrons. The minimum absolute atomic E-state index is 0.160. The number of benzene rings is 1. The summed E-state index contributed by atoms with van der Waals surface area (Å²) in [6.07, 6.45) is 3.12. The minimum atomic E-state index is -1.01. The van der Waals surface area contributed by atoms with Crippen molar-refractivity contribution in [2.24, 2.45) is 0 Å². The number of hydrogen-bond acceptors (Lipinski definition) is 3. The third-order valence-electron chi connectivity index (χ3n) is 3.15. The number of ether oxygens (including phenoxy) is 1. The quantitative estimate of drug-likeness (QED) is 0.804. The summed E-state index contributed by atoms with van der Waals surface area (Å²) in [5, 5.41) is 8.96. The van der Waals surface area contributed by atoms with E-state index in [4.69, 9.17) is 9.84 Å². The first-order chi connectivity index (χ1) is 10.1. The number of carboxylic acids is 1. The van der Waals surface area contributed by atoms with Gasteiger partial charge in [0.2, 0.25) is 0 Å². The number of carboxylic acid groups (broad SMARTS) is 1. The summed E-state index contributed by atoms with van der Waals surface area (Å²) in [4.78, 5) is 15.3. The average Bonchev–Trinajstić information content (AvgIpc) is 2.89. The van der Waals surface area contributed by atoms with Crippen LogP contribution in [0.4, 0.5) is 4.39 Å². The highest BCUT2D eigenvalue weighted by atomic mass is 19.1. The number of fused-ring (bicyclic) bond motifs is 1. The number of aromatic nitrogens is 2. The summed E-state index contributed by atoms with van der Waals surface area (Å²) in [6, 6.07) is 7.63. The van der Waals surface area contributed by atoms with Gasteiger partial charge in [-0.1, -0.05) is 0 Å². The van der Waals surface area contributed by atoms with E-state index in [0.717, 1.165) is 0 Å². The number of nitrogens with zero attached hydrogens (tertiary/aromatic N) is 2. The molecule has 0 atom stereocenters. The summed E-state index contributed by atoms with van der Waals surface area (Å²) in [5.41, 5.74) is 1.89. The van der Waals surface area contributed by atoms with Gasteiger partial charge in [0.15, 0.2) is 11.6 Å². The largest absolute Gasteiger partial charge is 0.494 e. The van der Waals surface area contributed by atoms with Crippen LogP contribution >= 0.6 is 0 Å². The van der Waals surface area contributed by atoms with E-state index in [1.165, 1.54) is 31.5 Å². The second kappa shape index (κ2) is 4.90. The van der Waals surface area contributed by atoms with Gasteiger partial charge in [-0.2, -0.15) is 0 Å². The van der Waals surface area contributed by atoms with Gasteiger partial charge >= 0.3 is 5.97 Å². The zero-order valence-corrected chi connectivity index (χ0v) is 11.1. The molecule has 2 aromatic heterocycles. The van der Waals surface area contributed by atoms with Crippen LogP contribution in [-0.2, 0) is 0 Å². The van der Waals surface area contributed by atoms with E-state index in [-0.39, 0.29) is 11.3 Å². The zero-order chi connectivity index (χ0) is 15.0. The molecule has 1 N–H and O–H groups in total. The molecule has 0 bridgehead atoms. The molecule has 0 aliphatic heterocycles. The lowest BCUT2D eigenvalue weighted by Gasteiger charge is -2.02. The molecule has 1 aromatic carbocycles. The highest BCUT2D eigenvalue weighted by Gasteiger charge is 2.10. The monoisotopic (exact) mass is 286 g/mol. The van der Waals surface area contributed by atoms with E-state index in [0.29, 0.717) is 16.9 Å². The molecule has 6 heteroatoms. The van der Waals surface area contributed by atoms with Crippen LogP contribution in [0.3, 0.4) is 0 Å². The minimum Gasteiger partial charge on any atom is -0.494 e. The molecule has 0 amide bonds. The number of imidazole rings is 1. The Morgan fingerprint density at radius 2 is 2.10 bits per heavy atom. The maximum atomic E-state index is 13.7. The zero-order valence-electron chi connectivity index (χ0n) is 11.1. The third-order valence-corrected chi connectivity index (χ3v) is 3.15. The SMILES string of the molecule is COc1ccc(-c2cn3cc(C(=O)O)ccc3n2)cc1F. The summed E-state index contributed by atoms with van der Waals surface area (Å²) < 4.78 is 20.2. The van der Waals surface area contributed by atoms with E-state index >= 15 is 0 Å². The van der Waals surface area contributed by atoms with Crippen LogP contribution in [0, 0.1) is 5.82 Å². The molecule has 0 aliphatic rings. The topological polar surface area (TPSA) is 63.8 Å². The van der Waals surface area contributed by atoms with Gasteiger partial charge in [-0.05, 0) is 30.3 Å². The second-order valence-electron chi connectivity index (χ2n) is 4.46. The van der Waals surface area contributed by atoms with Crippen molar-refractivity contribution in [3.63, 3.8) is 0 Å². The molecule has 2 heterocycles. The normalized spacial score (nSPS) is 10.8. The van der Waals surface area contributed by atoms with Gasteiger partial charge in [0.05, 0.1) is 18.4 Å². The van der Waals surface area contributed by atoms with Gasteiger partial charge in [-0.25, -0.2) is 14.2 Å². The van der Waals surface area contributed by atoms with Crippen LogP contribution in [0.25, 0.3) is 16.9 Å². The molecule has 0 spiro atoms. The Balaban J connectivity index is 2.08. The van der Waals surface area contributed by atoms with Crippen LogP contribution in [0.2, 0.25) is 0 Å². The van der Waals surface area contributed by atoms with Crippen LogP contribution in [0.15, 0.2) is 42.7 Å². The van der Waals surface area contributed by atoms with Crippen molar-refractivity contribution >= 4 is 11.6 Å². The van der Waals surface area contributed by atoms with Crippen molar-refractivity contribution in [1.82, 2.24) is 9.38 Å². The fourth-order valence-corrected chi connectivity index (χ4v) is 2.08. The summed E-state index contributed by atoms with van der Waals surface area (Å²) >= 11 is 0. The number of rotatable bonds is 3. The Hall–Kier alpha value is -2.89. The van der Waals surface area contributed by atoms with Gasteiger partial charge in [0.25, 0.3) is 0 Å². The predicted molar refractivity (Wildman–Crippen MR) is 74.1 cm³/mol. The lowest BCUT2D eigenvalue weighted by Crippen LogP contribution is -1.97. The standard InChI is InChI=1S/C15H11FN2O3/c1-21-13-4-2-9(6-11(13)16)12-8-18-7-10(15(19)20)3-5-14(18)17-12/h2-8H,1H3,(H,19,20). The Kier molecular flexibility index (Phi) is 3.06. The molecule has 21 heavy (non-hydrogen) atoms. The number of hydrogen-bond donors (Lipinski definition) is 1. The number of carbonyl (C=O) groups is 1. The van der Waals surface area contributed by atoms with E-state index in [9.17, 15) is 9.18 Å². The van der Waals surface area contributed by atoms with Crippen molar-refractivity contribution in [1.29, 1.82) is 0 Å². The highest BCUT2D eigenvalue weighted by Crippen LogP contribution is 2.25. The van der Waals surface area contributed by atoms with Crippen molar-refractivity contribution in [2.75, 3.05) is 7.11 Å². The van der Waals surface area contributed by atoms with Gasteiger partial charge in [-0.15, -0.1) is 0 Å². The highest BCUT2D eigenvalue weighted by molar-refractivity contribution is 5.87. The molecular weight excluding hydrogens is 275 g/mol. The van der Waals surface area contributed by atoms with Crippen LogP contribution in [0.5, 0.6) is 5.75 Å². The molecule has 3 rings (SSSR count). The first-order valence-corrected chi connectivity index (χ1v) is 6.14. The average molecular weight is 286 g/mol. The first-order valence-electron chi connectivity index (χ1n) is 6.14. The molecule has 0 fully saturated rings. The van der Waals surface area contributed by atoms with Crippen molar-refractivity contribution < 1.29 is 19.0 Å². The van der Waals surface area contributed by atoms with Crippen molar-refractivity contribution in [2.45, 2.75) is 0 Å². The molecule has 3 aromatic rings. The van der Waals surface area contributed by atoms with E-state index in [2.05, 4.69) is 4.98 Å². The molecule has 0 unspecified atom stereocenters. The number of halogens is 1. The van der Waals surface area contributed by atoms with Crippen LogP contribution < -0.4 is 4.74 Å². The summed E-state index contributed by atoms with van der Waals surface area (Å²) in [5.74, 6) is -1.32. The van der Waals surface area contributed by atoms with Crippen molar-refractivity contribution in [3.05, 3.63) is 54.1 Å². The number of aromatic carboxylic acids is 1. The molecule has 0 aliphatic carbocycles. The number of methoxy groups -OCH3 is 1.